The second kappa shape index (κ2) is 3.02. The van der Waals surface area contributed by atoms with Crippen LogP contribution >= 0.6 is 0 Å². The third kappa shape index (κ3) is 1.35. The normalized spacial score (nSPS) is 21.2. The van der Waals surface area contributed by atoms with Crippen LogP contribution in [0.25, 0.3) is 0 Å². The lowest BCUT2D eigenvalue weighted by molar-refractivity contribution is 0.246. The molecule has 62 valence electrons. The summed E-state index contributed by atoms with van der Waals surface area (Å²) in [6.45, 7) is 2.82. The summed E-state index contributed by atoms with van der Waals surface area (Å²) >= 11 is 0. The lowest BCUT2D eigenvalue weighted by Crippen LogP contribution is -2.02. The maximum absolute atomic E-state index is 5.55. The van der Waals surface area contributed by atoms with Crippen LogP contribution in [0.1, 0.15) is 13.3 Å². The Hall–Kier alpha value is -1.24. The molecule has 1 aliphatic carbocycles. The van der Waals surface area contributed by atoms with E-state index in [4.69, 9.17) is 4.74 Å². The van der Waals surface area contributed by atoms with E-state index in [1.807, 2.05) is 0 Å². The first-order valence-corrected chi connectivity index (χ1v) is 4.23. The molecule has 1 heteroatoms. The number of hydrogen-bond donors (Lipinski definition) is 0. The molecule has 1 nitrogen and oxygen atoms in total. The molecular weight excluding hydrogens is 148 g/mol. The van der Waals surface area contributed by atoms with E-state index in [-0.39, 0.29) is 0 Å². The van der Waals surface area contributed by atoms with E-state index in [9.17, 15) is 0 Å². The van der Waals surface area contributed by atoms with Crippen LogP contribution in [0.5, 0.6) is 0 Å². The summed E-state index contributed by atoms with van der Waals surface area (Å²) in [4.78, 5) is 0. The molecule has 0 bridgehead atoms. The van der Waals surface area contributed by atoms with Gasteiger partial charge in [-0.25, -0.2) is 0 Å². The third-order valence-corrected chi connectivity index (χ3v) is 1.98. The van der Waals surface area contributed by atoms with Crippen LogP contribution in [0.15, 0.2) is 47.3 Å². The SMILES string of the molecule is CC1=CC2=C(C=CCC=C2)OC1. The van der Waals surface area contributed by atoms with Gasteiger partial charge in [0, 0.05) is 5.57 Å². The summed E-state index contributed by atoms with van der Waals surface area (Å²) in [5.41, 5.74) is 2.49. The highest BCUT2D eigenvalue weighted by Gasteiger charge is 2.08. The van der Waals surface area contributed by atoms with E-state index in [1.54, 1.807) is 0 Å². The Labute approximate surface area is 72.7 Å². The predicted molar refractivity (Wildman–Crippen MR) is 49.6 cm³/mol. The first-order valence-electron chi connectivity index (χ1n) is 4.23. The lowest BCUT2D eigenvalue weighted by Gasteiger charge is -2.14. The van der Waals surface area contributed by atoms with Crippen molar-refractivity contribution in [2.24, 2.45) is 0 Å². The van der Waals surface area contributed by atoms with Crippen molar-refractivity contribution in [2.45, 2.75) is 13.3 Å². The molecule has 2 aliphatic rings. The molecular formula is C11H12O. The summed E-state index contributed by atoms with van der Waals surface area (Å²) in [6.07, 6.45) is 11.6. The minimum absolute atomic E-state index is 0.733. The van der Waals surface area contributed by atoms with Crippen molar-refractivity contribution in [1.82, 2.24) is 0 Å². The van der Waals surface area contributed by atoms with Crippen LogP contribution in [-0.4, -0.2) is 6.61 Å². The Balaban J connectivity index is 2.40. The van der Waals surface area contributed by atoms with Crippen LogP contribution < -0.4 is 0 Å². The standard InChI is InChI=1S/C11H12O/c1-9-7-10-5-3-2-4-6-11(10)12-8-9/h3-7H,2,8H2,1H3. The molecule has 0 spiro atoms. The highest BCUT2D eigenvalue weighted by Crippen LogP contribution is 2.21. The van der Waals surface area contributed by atoms with Crippen LogP contribution in [0.3, 0.4) is 0 Å². The van der Waals surface area contributed by atoms with Crippen LogP contribution in [0.2, 0.25) is 0 Å². The smallest absolute Gasteiger partial charge is 0.126 e. The molecule has 1 heterocycles. The molecule has 0 aromatic heterocycles. The highest BCUT2D eigenvalue weighted by atomic mass is 16.5. The maximum Gasteiger partial charge on any atom is 0.126 e. The van der Waals surface area contributed by atoms with Gasteiger partial charge in [-0.2, -0.15) is 0 Å². The molecule has 0 amide bonds. The van der Waals surface area contributed by atoms with Gasteiger partial charge >= 0.3 is 0 Å². The molecule has 0 fully saturated rings. The van der Waals surface area contributed by atoms with Crippen LogP contribution in [-0.2, 0) is 4.74 Å². The van der Waals surface area contributed by atoms with Crippen LogP contribution in [0, 0.1) is 0 Å². The van der Waals surface area contributed by atoms with Crippen LogP contribution in [0.4, 0.5) is 0 Å². The van der Waals surface area contributed by atoms with Gasteiger partial charge in [0.2, 0.25) is 0 Å². The number of ether oxygens (including phenoxy) is 1. The summed E-state index contributed by atoms with van der Waals surface area (Å²) in [5, 5.41) is 0. The monoisotopic (exact) mass is 160 g/mol. The zero-order chi connectivity index (χ0) is 8.39. The Morgan fingerprint density at radius 1 is 1.25 bits per heavy atom. The van der Waals surface area contributed by atoms with Crippen molar-refractivity contribution in [3.63, 3.8) is 0 Å². The van der Waals surface area contributed by atoms with Gasteiger partial charge < -0.3 is 4.74 Å². The van der Waals surface area contributed by atoms with Gasteiger partial charge in [-0.3, -0.25) is 0 Å². The average molecular weight is 160 g/mol. The molecule has 0 saturated heterocycles. The fourth-order valence-corrected chi connectivity index (χ4v) is 1.38. The third-order valence-electron chi connectivity index (χ3n) is 1.98. The van der Waals surface area contributed by atoms with Gasteiger partial charge in [-0.1, -0.05) is 18.2 Å². The minimum Gasteiger partial charge on any atom is -0.489 e. The largest absolute Gasteiger partial charge is 0.489 e. The number of allylic oxidation sites excluding steroid dienone is 6. The fourth-order valence-electron chi connectivity index (χ4n) is 1.38. The van der Waals surface area contributed by atoms with Crippen molar-refractivity contribution < 1.29 is 4.74 Å². The quantitative estimate of drug-likeness (QED) is 0.529. The average Bonchev–Trinajstić information content (AvgIpc) is 2.28. The van der Waals surface area contributed by atoms with Gasteiger partial charge in [-0.15, -0.1) is 0 Å². The first-order chi connectivity index (χ1) is 5.86. The van der Waals surface area contributed by atoms with Gasteiger partial charge in [0.25, 0.3) is 0 Å². The van der Waals surface area contributed by atoms with Crippen molar-refractivity contribution in [2.75, 3.05) is 6.61 Å². The van der Waals surface area contributed by atoms with Crippen molar-refractivity contribution >= 4 is 0 Å². The second-order valence-corrected chi connectivity index (χ2v) is 3.14. The van der Waals surface area contributed by atoms with E-state index in [0.29, 0.717) is 0 Å². The van der Waals surface area contributed by atoms with E-state index >= 15 is 0 Å². The zero-order valence-corrected chi connectivity index (χ0v) is 7.21. The number of rotatable bonds is 0. The van der Waals surface area contributed by atoms with Gasteiger partial charge in [0.1, 0.15) is 12.4 Å². The lowest BCUT2D eigenvalue weighted by atomic mass is 10.1. The second-order valence-electron chi connectivity index (χ2n) is 3.14. The highest BCUT2D eigenvalue weighted by molar-refractivity contribution is 5.43. The van der Waals surface area contributed by atoms with E-state index < -0.39 is 0 Å². The van der Waals surface area contributed by atoms with Crippen molar-refractivity contribution in [3.05, 3.63) is 47.3 Å². The fraction of sp³-hybridized carbons (Fsp3) is 0.273. The summed E-state index contributed by atoms with van der Waals surface area (Å²) in [7, 11) is 0. The molecule has 0 saturated carbocycles. The first kappa shape index (κ1) is 7.41. The molecule has 0 aromatic rings. The molecule has 0 atom stereocenters. The topological polar surface area (TPSA) is 9.23 Å². The van der Waals surface area contributed by atoms with E-state index in [2.05, 4.69) is 37.3 Å². The predicted octanol–water partition coefficient (Wildman–Crippen LogP) is 2.73. The summed E-state index contributed by atoms with van der Waals surface area (Å²) < 4.78 is 5.55. The maximum atomic E-state index is 5.55. The van der Waals surface area contributed by atoms with Gasteiger partial charge in [0.15, 0.2) is 0 Å². The molecule has 12 heavy (non-hydrogen) atoms. The van der Waals surface area contributed by atoms with Crippen molar-refractivity contribution in [1.29, 1.82) is 0 Å². The zero-order valence-electron chi connectivity index (χ0n) is 7.21. The minimum atomic E-state index is 0.733. The Morgan fingerprint density at radius 3 is 3.00 bits per heavy atom. The Morgan fingerprint density at radius 2 is 2.08 bits per heavy atom. The van der Waals surface area contributed by atoms with Crippen molar-refractivity contribution in [3.8, 4) is 0 Å². The molecule has 0 N–H and O–H groups in total. The summed E-state index contributed by atoms with van der Waals surface area (Å²) in [6, 6.07) is 0. The van der Waals surface area contributed by atoms with Gasteiger partial charge in [-0.05, 0) is 31.1 Å². The van der Waals surface area contributed by atoms with E-state index in [1.165, 1.54) is 11.1 Å². The Bertz CT molecular complexity index is 303. The van der Waals surface area contributed by atoms with Gasteiger partial charge in [0.05, 0.1) is 0 Å². The molecule has 0 unspecified atom stereocenters. The molecule has 0 aromatic carbocycles. The molecule has 1 aliphatic heterocycles. The molecule has 0 radical (unpaired) electrons. The summed E-state index contributed by atoms with van der Waals surface area (Å²) in [5.74, 6) is 1.01. The Kier molecular flexibility index (Phi) is 1.86. The van der Waals surface area contributed by atoms with E-state index in [0.717, 1.165) is 18.8 Å². The molecule has 2 rings (SSSR count). The number of hydrogen-bond acceptors (Lipinski definition) is 1.